The van der Waals surface area contributed by atoms with Gasteiger partial charge < -0.3 is 10.0 Å². The topological polar surface area (TPSA) is 57.6 Å². The molecule has 0 radical (unpaired) electrons. The minimum Gasteiger partial charge on any atom is -0.481 e. The third-order valence-electron chi connectivity index (χ3n) is 6.11. The number of aliphatic carboxylic acids is 1. The van der Waals surface area contributed by atoms with E-state index in [1.165, 1.54) is 16.3 Å². The first kappa shape index (κ1) is 17.0. The molecule has 3 aromatic carbocycles. The van der Waals surface area contributed by atoms with Gasteiger partial charge in [0.2, 0.25) is 5.91 Å². The van der Waals surface area contributed by atoms with Gasteiger partial charge in [0.05, 0.1) is 5.92 Å². The van der Waals surface area contributed by atoms with Crippen LogP contribution in [0.4, 0.5) is 0 Å². The number of hydrogen-bond acceptors (Lipinski definition) is 2. The number of carboxylic acid groups (broad SMARTS) is 1. The van der Waals surface area contributed by atoms with Crippen molar-refractivity contribution >= 4 is 22.6 Å². The summed E-state index contributed by atoms with van der Waals surface area (Å²) in [5.74, 6) is -1.24. The lowest BCUT2D eigenvalue weighted by Crippen LogP contribution is -2.41. The molecule has 0 saturated heterocycles. The maximum Gasteiger partial charge on any atom is 0.312 e. The molecule has 1 aliphatic heterocycles. The second kappa shape index (κ2) is 6.48. The highest BCUT2D eigenvalue weighted by Crippen LogP contribution is 2.49. The number of hydrogen-bond donors (Lipinski definition) is 1. The fraction of sp³-hybridized carbons (Fsp3) is 0.250. The van der Waals surface area contributed by atoms with Crippen molar-refractivity contribution in [3.05, 3.63) is 83.4 Å². The number of amides is 1. The Labute approximate surface area is 163 Å². The van der Waals surface area contributed by atoms with Gasteiger partial charge in [-0.15, -0.1) is 0 Å². The van der Waals surface area contributed by atoms with Gasteiger partial charge in [-0.1, -0.05) is 66.7 Å². The Hall–Kier alpha value is -3.14. The molecule has 3 atom stereocenters. The fourth-order valence-corrected chi connectivity index (χ4v) is 4.50. The molecule has 4 heteroatoms. The summed E-state index contributed by atoms with van der Waals surface area (Å²) in [5, 5.41) is 12.0. The fourth-order valence-electron chi connectivity index (χ4n) is 4.50. The number of rotatable bonds is 3. The zero-order valence-electron chi connectivity index (χ0n) is 15.4. The van der Waals surface area contributed by atoms with Gasteiger partial charge in [0.25, 0.3) is 0 Å². The summed E-state index contributed by atoms with van der Waals surface area (Å²) in [6.07, 6.45) is 0.840. The van der Waals surface area contributed by atoms with E-state index in [2.05, 4.69) is 30.3 Å². The molecule has 0 spiro atoms. The van der Waals surface area contributed by atoms with Crippen molar-refractivity contribution in [2.24, 2.45) is 5.92 Å². The van der Waals surface area contributed by atoms with E-state index in [0.717, 1.165) is 17.5 Å². The van der Waals surface area contributed by atoms with E-state index < -0.39 is 11.9 Å². The Bertz CT molecular complexity index is 1090. The zero-order valence-corrected chi connectivity index (χ0v) is 15.4. The van der Waals surface area contributed by atoms with Crippen LogP contribution in [0.15, 0.2) is 66.7 Å². The summed E-state index contributed by atoms with van der Waals surface area (Å²) in [7, 11) is 0. The quantitative estimate of drug-likeness (QED) is 0.752. The van der Waals surface area contributed by atoms with Crippen LogP contribution in [-0.2, 0) is 16.1 Å². The van der Waals surface area contributed by atoms with E-state index >= 15 is 0 Å². The SMILES string of the molecule is O=C(O)C1CN(C(=O)C2CC2c2ccc3ccccc3c2)Cc2ccccc21. The summed E-state index contributed by atoms with van der Waals surface area (Å²) in [4.78, 5) is 26.6. The maximum atomic E-state index is 13.1. The van der Waals surface area contributed by atoms with E-state index in [4.69, 9.17) is 0 Å². The molecule has 2 aliphatic rings. The number of nitrogens with zero attached hydrogens (tertiary/aromatic N) is 1. The maximum absolute atomic E-state index is 13.1. The lowest BCUT2D eigenvalue weighted by Gasteiger charge is -2.33. The summed E-state index contributed by atoms with van der Waals surface area (Å²) >= 11 is 0. The molecule has 3 unspecified atom stereocenters. The molecular weight excluding hydrogens is 350 g/mol. The highest BCUT2D eigenvalue weighted by atomic mass is 16.4. The first-order chi connectivity index (χ1) is 13.6. The molecule has 3 aromatic rings. The van der Waals surface area contributed by atoms with Crippen molar-refractivity contribution in [3.63, 3.8) is 0 Å². The average molecular weight is 371 g/mol. The summed E-state index contributed by atoms with van der Waals surface area (Å²) < 4.78 is 0. The standard InChI is InChI=1S/C24H21NO3/c26-23(25-13-18-7-3-4-8-19(18)22(14-25)24(27)28)21-12-20(21)17-10-9-15-5-1-2-6-16(15)11-17/h1-11,20-22H,12-14H2,(H,27,28). The number of carbonyl (C=O) groups is 2. The molecule has 4 nitrogen and oxygen atoms in total. The van der Waals surface area contributed by atoms with Gasteiger partial charge in [-0.3, -0.25) is 9.59 Å². The normalized spacial score (nSPS) is 23.3. The van der Waals surface area contributed by atoms with Crippen LogP contribution in [-0.4, -0.2) is 28.4 Å². The van der Waals surface area contributed by atoms with Crippen molar-refractivity contribution in [2.75, 3.05) is 6.54 Å². The zero-order chi connectivity index (χ0) is 19.3. The van der Waals surface area contributed by atoms with Gasteiger partial charge in [-0.25, -0.2) is 0 Å². The average Bonchev–Trinajstić information content (AvgIpc) is 3.53. The number of fused-ring (bicyclic) bond motifs is 2. The van der Waals surface area contributed by atoms with Gasteiger partial charge in [-0.2, -0.15) is 0 Å². The van der Waals surface area contributed by atoms with E-state index in [-0.39, 0.29) is 24.3 Å². The minimum absolute atomic E-state index is 0.0409. The molecule has 0 bridgehead atoms. The van der Waals surface area contributed by atoms with E-state index in [1.807, 2.05) is 36.4 Å². The van der Waals surface area contributed by atoms with Crippen molar-refractivity contribution in [1.82, 2.24) is 4.90 Å². The van der Waals surface area contributed by atoms with Crippen molar-refractivity contribution in [3.8, 4) is 0 Å². The Kier molecular flexibility index (Phi) is 3.93. The van der Waals surface area contributed by atoms with Gasteiger partial charge >= 0.3 is 5.97 Å². The second-order valence-electron chi connectivity index (χ2n) is 7.86. The number of benzene rings is 3. The Balaban J connectivity index is 1.36. The van der Waals surface area contributed by atoms with Crippen molar-refractivity contribution in [1.29, 1.82) is 0 Å². The van der Waals surface area contributed by atoms with E-state index in [9.17, 15) is 14.7 Å². The van der Waals surface area contributed by atoms with Gasteiger partial charge in [0, 0.05) is 19.0 Å². The molecule has 28 heavy (non-hydrogen) atoms. The predicted octanol–water partition coefficient (Wildman–Crippen LogP) is 4.15. The summed E-state index contributed by atoms with van der Waals surface area (Å²) in [6, 6.07) is 22.2. The molecule has 5 rings (SSSR count). The van der Waals surface area contributed by atoms with Gasteiger partial charge in [0.15, 0.2) is 0 Å². The van der Waals surface area contributed by atoms with Crippen LogP contribution in [0.1, 0.15) is 34.9 Å². The summed E-state index contributed by atoms with van der Waals surface area (Å²) in [5.41, 5.74) is 2.97. The van der Waals surface area contributed by atoms with Crippen molar-refractivity contribution in [2.45, 2.75) is 24.8 Å². The van der Waals surface area contributed by atoms with E-state index in [0.29, 0.717) is 6.54 Å². The van der Waals surface area contributed by atoms with Gasteiger partial charge in [-0.05, 0) is 39.8 Å². The molecule has 0 aromatic heterocycles. The smallest absolute Gasteiger partial charge is 0.312 e. The number of carboxylic acids is 1. The third-order valence-corrected chi connectivity index (χ3v) is 6.11. The van der Waals surface area contributed by atoms with Crippen LogP contribution >= 0.6 is 0 Å². The van der Waals surface area contributed by atoms with Crippen LogP contribution in [0, 0.1) is 5.92 Å². The monoisotopic (exact) mass is 371 g/mol. The molecule has 1 N–H and O–H groups in total. The van der Waals surface area contributed by atoms with Crippen molar-refractivity contribution < 1.29 is 14.7 Å². The second-order valence-corrected chi connectivity index (χ2v) is 7.86. The first-order valence-electron chi connectivity index (χ1n) is 9.70. The highest BCUT2D eigenvalue weighted by Gasteiger charge is 2.47. The van der Waals surface area contributed by atoms with Crippen LogP contribution in [0.25, 0.3) is 10.8 Å². The van der Waals surface area contributed by atoms with E-state index in [1.54, 1.807) is 4.90 Å². The molecule has 1 heterocycles. The van der Waals surface area contributed by atoms with Crippen LogP contribution in [0.3, 0.4) is 0 Å². The van der Waals surface area contributed by atoms with Crippen LogP contribution < -0.4 is 0 Å². The third kappa shape index (κ3) is 2.85. The Morgan fingerprint density at radius 2 is 1.68 bits per heavy atom. The molecule has 1 amide bonds. The predicted molar refractivity (Wildman–Crippen MR) is 107 cm³/mol. The lowest BCUT2D eigenvalue weighted by atomic mass is 9.89. The first-order valence-corrected chi connectivity index (χ1v) is 9.70. The molecular formula is C24H21NO3. The van der Waals surface area contributed by atoms with Crippen LogP contribution in [0.2, 0.25) is 0 Å². The number of carbonyl (C=O) groups excluding carboxylic acids is 1. The Morgan fingerprint density at radius 1 is 0.929 bits per heavy atom. The molecule has 1 saturated carbocycles. The van der Waals surface area contributed by atoms with Gasteiger partial charge in [0.1, 0.15) is 0 Å². The minimum atomic E-state index is -0.869. The molecule has 1 aliphatic carbocycles. The highest BCUT2D eigenvalue weighted by molar-refractivity contribution is 5.87. The largest absolute Gasteiger partial charge is 0.481 e. The summed E-state index contributed by atoms with van der Waals surface area (Å²) in [6.45, 7) is 0.756. The molecule has 140 valence electrons. The lowest BCUT2D eigenvalue weighted by molar-refractivity contribution is -0.141. The molecule has 1 fully saturated rings. The van der Waals surface area contributed by atoms with Crippen LogP contribution in [0.5, 0.6) is 0 Å². The Morgan fingerprint density at radius 3 is 2.50 bits per heavy atom.